The molecule has 0 radical (unpaired) electrons. The van der Waals surface area contributed by atoms with Crippen LogP contribution in [0.15, 0.2) is 45.3 Å². The van der Waals surface area contributed by atoms with Gasteiger partial charge < -0.3 is 5.32 Å². The van der Waals surface area contributed by atoms with Crippen molar-refractivity contribution >= 4 is 60.7 Å². The summed E-state index contributed by atoms with van der Waals surface area (Å²) in [5.41, 5.74) is 2.00. The quantitative estimate of drug-likeness (QED) is 0.579. The van der Waals surface area contributed by atoms with E-state index in [0.29, 0.717) is 5.02 Å². The van der Waals surface area contributed by atoms with E-state index in [4.69, 9.17) is 23.2 Å². The molecular weight excluding hydrogens is 413 g/mol. The van der Waals surface area contributed by atoms with E-state index in [2.05, 4.69) is 44.1 Å². The molecule has 19 heavy (non-hydrogen) atoms. The maximum Gasteiger partial charge on any atom is 0.0568 e. The molecule has 0 aliphatic rings. The predicted octanol–water partition coefficient (Wildman–Crippen LogP) is 6.69. The minimum Gasteiger partial charge on any atom is -0.378 e. The molecule has 100 valence electrons. The molecule has 1 N–H and O–H groups in total. The second-order valence-corrected chi connectivity index (χ2v) is 6.75. The topological polar surface area (TPSA) is 12.0 Å². The molecule has 0 fully saturated rings. The first-order valence-electron chi connectivity index (χ1n) is 5.64. The lowest BCUT2D eigenvalue weighted by Gasteiger charge is -2.17. The van der Waals surface area contributed by atoms with Gasteiger partial charge in [-0.3, -0.25) is 0 Å². The first-order valence-corrected chi connectivity index (χ1v) is 7.98. The zero-order chi connectivity index (χ0) is 14.0. The minimum absolute atomic E-state index is 0.0952. The van der Waals surface area contributed by atoms with Crippen molar-refractivity contribution in [2.24, 2.45) is 0 Å². The molecule has 2 rings (SSSR count). The molecule has 2 aromatic carbocycles. The third-order valence-corrected chi connectivity index (χ3v) is 4.78. The number of benzene rings is 2. The van der Waals surface area contributed by atoms with Crippen LogP contribution in [0.4, 0.5) is 5.69 Å². The van der Waals surface area contributed by atoms with Gasteiger partial charge in [0.1, 0.15) is 0 Å². The maximum absolute atomic E-state index is 6.24. The van der Waals surface area contributed by atoms with Crippen LogP contribution in [0.25, 0.3) is 0 Å². The van der Waals surface area contributed by atoms with Crippen molar-refractivity contribution in [1.29, 1.82) is 0 Å². The Bertz CT molecular complexity index is 602. The van der Waals surface area contributed by atoms with Gasteiger partial charge in [0.15, 0.2) is 0 Å². The summed E-state index contributed by atoms with van der Waals surface area (Å²) in [6, 6.07) is 11.7. The molecule has 0 heterocycles. The van der Waals surface area contributed by atoms with E-state index >= 15 is 0 Å². The highest BCUT2D eigenvalue weighted by atomic mass is 79.9. The molecule has 5 heteroatoms. The predicted molar refractivity (Wildman–Crippen MR) is 90.3 cm³/mol. The van der Waals surface area contributed by atoms with E-state index in [1.807, 2.05) is 36.4 Å². The van der Waals surface area contributed by atoms with Crippen LogP contribution in [-0.2, 0) is 0 Å². The Balaban J connectivity index is 2.20. The molecule has 0 amide bonds. The van der Waals surface area contributed by atoms with Crippen molar-refractivity contribution in [3.63, 3.8) is 0 Å². The molecule has 0 saturated carbocycles. The van der Waals surface area contributed by atoms with Crippen molar-refractivity contribution in [2.45, 2.75) is 13.0 Å². The molecule has 1 atom stereocenters. The van der Waals surface area contributed by atoms with Crippen LogP contribution in [0.5, 0.6) is 0 Å². The van der Waals surface area contributed by atoms with Crippen LogP contribution >= 0.6 is 55.1 Å². The zero-order valence-corrected chi connectivity index (χ0v) is 14.7. The molecule has 0 aliphatic carbocycles. The monoisotopic (exact) mass is 421 g/mol. The number of nitrogens with one attached hydrogen (secondary N) is 1. The Hall–Kier alpha value is -0.220. The van der Waals surface area contributed by atoms with E-state index in [9.17, 15) is 0 Å². The van der Waals surface area contributed by atoms with E-state index in [-0.39, 0.29) is 6.04 Å². The van der Waals surface area contributed by atoms with E-state index in [1.54, 1.807) is 0 Å². The summed E-state index contributed by atoms with van der Waals surface area (Å²) < 4.78 is 1.86. The number of anilines is 1. The van der Waals surface area contributed by atoms with Gasteiger partial charge >= 0.3 is 0 Å². The van der Waals surface area contributed by atoms with Gasteiger partial charge in [-0.25, -0.2) is 0 Å². The van der Waals surface area contributed by atoms with Gasteiger partial charge in [0.25, 0.3) is 0 Å². The van der Waals surface area contributed by atoms with Crippen molar-refractivity contribution in [3.8, 4) is 0 Å². The Labute approximate surface area is 139 Å². The van der Waals surface area contributed by atoms with Gasteiger partial charge in [-0.1, -0.05) is 45.2 Å². The van der Waals surface area contributed by atoms with Gasteiger partial charge in [0.2, 0.25) is 0 Å². The van der Waals surface area contributed by atoms with Crippen LogP contribution in [0.2, 0.25) is 10.0 Å². The fourth-order valence-corrected chi connectivity index (χ4v) is 3.03. The zero-order valence-electron chi connectivity index (χ0n) is 10.1. The fourth-order valence-electron chi connectivity index (χ4n) is 1.77. The van der Waals surface area contributed by atoms with Gasteiger partial charge in [-0.2, -0.15) is 0 Å². The summed E-state index contributed by atoms with van der Waals surface area (Å²) in [6.45, 7) is 2.06. The highest BCUT2D eigenvalue weighted by Gasteiger charge is 2.10. The molecule has 1 unspecified atom stereocenters. The summed E-state index contributed by atoms with van der Waals surface area (Å²) in [5, 5.41) is 4.80. The third kappa shape index (κ3) is 3.88. The normalized spacial score (nSPS) is 12.3. The largest absolute Gasteiger partial charge is 0.378 e. The van der Waals surface area contributed by atoms with Crippen LogP contribution in [0, 0.1) is 0 Å². The average molecular weight is 424 g/mol. The lowest BCUT2D eigenvalue weighted by atomic mass is 10.1. The minimum atomic E-state index is 0.0952. The summed E-state index contributed by atoms with van der Waals surface area (Å²) in [7, 11) is 0. The standard InChI is InChI=1S/C14H11Br2Cl2N/c1-8(11-4-2-9(15)6-13(11)17)19-10-3-5-12(16)14(18)7-10/h2-8,19H,1H3. The summed E-state index contributed by atoms with van der Waals surface area (Å²) in [5.74, 6) is 0. The SMILES string of the molecule is CC(Nc1ccc(Br)c(Cl)c1)c1ccc(Br)cc1Cl. The first kappa shape index (κ1) is 15.2. The number of rotatable bonds is 3. The molecular formula is C14H11Br2Cl2N. The van der Waals surface area contributed by atoms with Crippen LogP contribution in [0.1, 0.15) is 18.5 Å². The Morgan fingerprint density at radius 1 is 1.00 bits per heavy atom. The molecule has 2 aromatic rings. The number of hydrogen-bond donors (Lipinski definition) is 1. The maximum atomic E-state index is 6.24. The Kier molecular flexibility index (Phi) is 5.18. The lowest BCUT2D eigenvalue weighted by molar-refractivity contribution is 0.884. The van der Waals surface area contributed by atoms with Gasteiger partial charge in [0.05, 0.1) is 5.02 Å². The second-order valence-electron chi connectivity index (χ2n) is 4.16. The highest BCUT2D eigenvalue weighted by Crippen LogP contribution is 2.31. The molecule has 0 saturated heterocycles. The Morgan fingerprint density at radius 2 is 1.74 bits per heavy atom. The first-order chi connectivity index (χ1) is 8.97. The summed E-state index contributed by atoms with van der Waals surface area (Å²) in [6.07, 6.45) is 0. The number of halogens is 4. The van der Waals surface area contributed by atoms with E-state index < -0.39 is 0 Å². The van der Waals surface area contributed by atoms with Crippen LogP contribution in [-0.4, -0.2) is 0 Å². The highest BCUT2D eigenvalue weighted by molar-refractivity contribution is 9.10. The molecule has 0 spiro atoms. The third-order valence-electron chi connectivity index (χ3n) is 2.73. The van der Waals surface area contributed by atoms with Crippen molar-refractivity contribution < 1.29 is 0 Å². The fraction of sp³-hybridized carbons (Fsp3) is 0.143. The van der Waals surface area contributed by atoms with Gasteiger partial charge in [0, 0.05) is 25.7 Å². The van der Waals surface area contributed by atoms with E-state index in [0.717, 1.165) is 25.2 Å². The smallest absolute Gasteiger partial charge is 0.0568 e. The molecule has 0 bridgehead atoms. The Morgan fingerprint density at radius 3 is 2.37 bits per heavy atom. The summed E-state index contributed by atoms with van der Waals surface area (Å²) >= 11 is 19.1. The van der Waals surface area contributed by atoms with Gasteiger partial charge in [-0.05, 0) is 58.7 Å². The van der Waals surface area contributed by atoms with Crippen molar-refractivity contribution in [3.05, 3.63) is 61.0 Å². The number of hydrogen-bond acceptors (Lipinski definition) is 1. The molecule has 0 aliphatic heterocycles. The lowest BCUT2D eigenvalue weighted by Crippen LogP contribution is -2.07. The average Bonchev–Trinajstić information content (AvgIpc) is 2.33. The molecule has 0 aromatic heterocycles. The summed E-state index contributed by atoms with van der Waals surface area (Å²) in [4.78, 5) is 0. The van der Waals surface area contributed by atoms with E-state index in [1.165, 1.54) is 0 Å². The van der Waals surface area contributed by atoms with Crippen molar-refractivity contribution in [1.82, 2.24) is 0 Å². The van der Waals surface area contributed by atoms with Crippen LogP contribution in [0.3, 0.4) is 0 Å². The van der Waals surface area contributed by atoms with Crippen molar-refractivity contribution in [2.75, 3.05) is 5.32 Å². The molecule has 1 nitrogen and oxygen atoms in total. The van der Waals surface area contributed by atoms with Crippen LogP contribution < -0.4 is 5.32 Å². The van der Waals surface area contributed by atoms with Gasteiger partial charge in [-0.15, -0.1) is 0 Å². The second kappa shape index (κ2) is 6.49.